The first-order valence-electron chi connectivity index (χ1n) is 7.30. The fourth-order valence-electron chi connectivity index (χ4n) is 2.10. The number of imide groups is 2. The second-order valence-electron chi connectivity index (χ2n) is 5.85. The Labute approximate surface area is 129 Å². The summed E-state index contributed by atoms with van der Waals surface area (Å²) in [6.07, 6.45) is 0.360. The first-order chi connectivity index (χ1) is 10.2. The number of rotatable bonds is 6. The van der Waals surface area contributed by atoms with Crippen LogP contribution >= 0.6 is 0 Å². The summed E-state index contributed by atoms with van der Waals surface area (Å²) in [6.45, 7) is 6.89. The molecule has 8 heteroatoms. The lowest BCUT2D eigenvalue weighted by atomic mass is 9.92. The van der Waals surface area contributed by atoms with Gasteiger partial charge in [0.25, 0.3) is 5.91 Å². The lowest BCUT2D eigenvalue weighted by molar-refractivity contribution is -0.134. The first-order valence-corrected chi connectivity index (χ1v) is 7.30. The minimum absolute atomic E-state index is 0.121. The summed E-state index contributed by atoms with van der Waals surface area (Å²) in [4.78, 5) is 47.9. The largest absolute Gasteiger partial charge is 0.450 e. The van der Waals surface area contributed by atoms with Crippen LogP contribution in [0.3, 0.4) is 0 Å². The third-order valence-electron chi connectivity index (χ3n) is 3.39. The number of hydrogen-bond acceptors (Lipinski definition) is 5. The van der Waals surface area contributed by atoms with Gasteiger partial charge >= 0.3 is 12.1 Å². The third kappa shape index (κ3) is 4.44. The van der Waals surface area contributed by atoms with Crippen LogP contribution in [0.25, 0.3) is 0 Å². The average molecular weight is 313 g/mol. The molecule has 2 N–H and O–H groups in total. The maximum atomic E-state index is 12.3. The highest BCUT2D eigenvalue weighted by Gasteiger charge is 2.47. The molecule has 22 heavy (non-hydrogen) atoms. The van der Waals surface area contributed by atoms with E-state index in [0.717, 1.165) is 11.3 Å². The van der Waals surface area contributed by atoms with Crippen molar-refractivity contribution < 1.29 is 23.9 Å². The molecule has 0 aromatic heterocycles. The number of amides is 5. The molecule has 1 saturated heterocycles. The van der Waals surface area contributed by atoms with E-state index in [0.29, 0.717) is 12.3 Å². The number of urea groups is 1. The van der Waals surface area contributed by atoms with Crippen LogP contribution in [-0.4, -0.2) is 47.5 Å². The molecule has 1 aliphatic rings. The lowest BCUT2D eigenvalue weighted by Gasteiger charge is -2.22. The second kappa shape index (κ2) is 7.24. The molecule has 0 aromatic carbocycles. The Balaban J connectivity index is 2.64. The molecule has 0 aromatic rings. The molecule has 1 atom stereocenters. The molecule has 1 unspecified atom stereocenters. The zero-order chi connectivity index (χ0) is 16.9. The molecule has 0 bridgehead atoms. The Morgan fingerprint density at radius 1 is 1.36 bits per heavy atom. The van der Waals surface area contributed by atoms with Crippen molar-refractivity contribution >= 4 is 23.9 Å². The Hall–Kier alpha value is -2.12. The van der Waals surface area contributed by atoms with Crippen LogP contribution in [-0.2, 0) is 14.3 Å². The van der Waals surface area contributed by atoms with Gasteiger partial charge in [0, 0.05) is 0 Å². The van der Waals surface area contributed by atoms with E-state index in [1.54, 1.807) is 13.8 Å². The molecular formula is C14H23N3O5. The maximum Gasteiger partial charge on any atom is 0.413 e. The van der Waals surface area contributed by atoms with Crippen molar-refractivity contribution in [2.45, 2.75) is 46.1 Å². The van der Waals surface area contributed by atoms with Crippen molar-refractivity contribution in [3.05, 3.63) is 0 Å². The van der Waals surface area contributed by atoms with E-state index in [9.17, 15) is 19.2 Å². The van der Waals surface area contributed by atoms with Gasteiger partial charge in [0.15, 0.2) is 0 Å². The molecule has 1 heterocycles. The van der Waals surface area contributed by atoms with Gasteiger partial charge in [0.1, 0.15) is 12.1 Å². The van der Waals surface area contributed by atoms with Crippen LogP contribution < -0.4 is 10.6 Å². The molecule has 0 aliphatic carbocycles. The summed E-state index contributed by atoms with van der Waals surface area (Å²) >= 11 is 0. The van der Waals surface area contributed by atoms with Crippen LogP contribution in [0, 0.1) is 5.92 Å². The van der Waals surface area contributed by atoms with Crippen LogP contribution in [0.5, 0.6) is 0 Å². The Morgan fingerprint density at radius 3 is 2.55 bits per heavy atom. The van der Waals surface area contributed by atoms with Gasteiger partial charge in [0.2, 0.25) is 5.91 Å². The molecule has 1 aliphatic heterocycles. The fourth-order valence-corrected chi connectivity index (χ4v) is 2.10. The number of nitrogens with zero attached hydrogens (tertiary/aromatic N) is 1. The summed E-state index contributed by atoms with van der Waals surface area (Å²) in [5.74, 6) is -0.838. The smallest absolute Gasteiger partial charge is 0.413 e. The summed E-state index contributed by atoms with van der Waals surface area (Å²) in [5.41, 5.74) is -1.01. The first kappa shape index (κ1) is 17.9. The predicted octanol–water partition coefficient (Wildman–Crippen LogP) is 1.01. The van der Waals surface area contributed by atoms with Crippen LogP contribution in [0.1, 0.15) is 40.5 Å². The van der Waals surface area contributed by atoms with Gasteiger partial charge in [-0.05, 0) is 32.6 Å². The lowest BCUT2D eigenvalue weighted by Crippen LogP contribution is -2.46. The highest BCUT2D eigenvalue weighted by Crippen LogP contribution is 2.24. The minimum atomic E-state index is -1.01. The van der Waals surface area contributed by atoms with Crippen LogP contribution in [0.15, 0.2) is 0 Å². The highest BCUT2D eigenvalue weighted by molar-refractivity contribution is 6.09. The van der Waals surface area contributed by atoms with E-state index < -0.39 is 36.0 Å². The summed E-state index contributed by atoms with van der Waals surface area (Å²) in [7, 11) is 0. The third-order valence-corrected chi connectivity index (χ3v) is 3.39. The quantitative estimate of drug-likeness (QED) is 0.712. The Morgan fingerprint density at radius 2 is 2.00 bits per heavy atom. The van der Waals surface area contributed by atoms with Crippen molar-refractivity contribution in [1.82, 2.24) is 15.5 Å². The number of carbonyl (C=O) groups excluding carboxylic acids is 4. The Bertz CT molecular complexity index is 477. The maximum absolute atomic E-state index is 12.3. The molecule has 5 amide bonds. The summed E-state index contributed by atoms with van der Waals surface area (Å²) < 4.78 is 4.56. The van der Waals surface area contributed by atoms with E-state index in [1.807, 2.05) is 19.2 Å². The molecule has 0 spiro atoms. The van der Waals surface area contributed by atoms with Crippen molar-refractivity contribution in [2.75, 3.05) is 13.2 Å². The Kier molecular flexibility index (Phi) is 5.90. The fraction of sp³-hybridized carbons (Fsp3) is 0.714. The monoisotopic (exact) mass is 313 g/mol. The zero-order valence-electron chi connectivity index (χ0n) is 13.4. The molecule has 0 saturated carbocycles. The van der Waals surface area contributed by atoms with Gasteiger partial charge in [-0.25, -0.2) is 9.59 Å². The van der Waals surface area contributed by atoms with Gasteiger partial charge in [-0.2, -0.15) is 0 Å². The topological polar surface area (TPSA) is 105 Å². The van der Waals surface area contributed by atoms with Crippen LogP contribution in [0.4, 0.5) is 9.59 Å². The second-order valence-corrected chi connectivity index (χ2v) is 5.85. The van der Waals surface area contributed by atoms with E-state index in [2.05, 4.69) is 10.1 Å². The number of nitrogens with one attached hydrogen (secondary N) is 2. The van der Waals surface area contributed by atoms with E-state index in [1.165, 1.54) is 0 Å². The minimum Gasteiger partial charge on any atom is -0.450 e. The van der Waals surface area contributed by atoms with Crippen LogP contribution in [0.2, 0.25) is 0 Å². The zero-order valence-corrected chi connectivity index (χ0v) is 13.4. The highest BCUT2D eigenvalue weighted by atomic mass is 16.5. The predicted molar refractivity (Wildman–Crippen MR) is 77.9 cm³/mol. The van der Waals surface area contributed by atoms with Gasteiger partial charge in [-0.1, -0.05) is 13.8 Å². The van der Waals surface area contributed by atoms with Gasteiger partial charge in [0.05, 0.1) is 6.61 Å². The van der Waals surface area contributed by atoms with Crippen molar-refractivity contribution in [1.29, 1.82) is 0 Å². The molecule has 124 valence electrons. The standard InChI is InChI=1S/C14H23N3O5/c1-5-22-13(21)15-10(18)8-17-11(19)14(4,16-12(17)20)7-6-9(2)3/h9H,5-8H2,1-4H3,(H,16,20)(H,15,18,21). The SMILES string of the molecule is CCOC(=O)NC(=O)CN1C(=O)NC(C)(CCC(C)C)C1=O. The van der Waals surface area contributed by atoms with Gasteiger partial charge in [-0.15, -0.1) is 0 Å². The number of alkyl carbamates (subject to hydrolysis) is 1. The number of ether oxygens (including phenoxy) is 1. The van der Waals surface area contributed by atoms with E-state index in [-0.39, 0.29) is 6.61 Å². The van der Waals surface area contributed by atoms with Crippen molar-refractivity contribution in [3.8, 4) is 0 Å². The molecular weight excluding hydrogens is 290 g/mol. The summed E-state index contributed by atoms with van der Waals surface area (Å²) in [5, 5.41) is 4.56. The van der Waals surface area contributed by atoms with Crippen molar-refractivity contribution in [3.63, 3.8) is 0 Å². The average Bonchev–Trinajstić information content (AvgIpc) is 2.61. The van der Waals surface area contributed by atoms with Gasteiger partial charge in [-0.3, -0.25) is 19.8 Å². The van der Waals surface area contributed by atoms with Gasteiger partial charge < -0.3 is 10.1 Å². The van der Waals surface area contributed by atoms with E-state index >= 15 is 0 Å². The van der Waals surface area contributed by atoms with Crippen molar-refractivity contribution in [2.24, 2.45) is 5.92 Å². The van der Waals surface area contributed by atoms with E-state index in [4.69, 9.17) is 0 Å². The summed E-state index contributed by atoms with van der Waals surface area (Å²) in [6, 6.07) is -0.629. The molecule has 0 radical (unpaired) electrons. The molecule has 8 nitrogen and oxygen atoms in total. The molecule has 1 rings (SSSR count). The normalized spacial score (nSPS) is 21.0. The number of carbonyl (C=O) groups is 4. The molecule has 1 fully saturated rings. The number of hydrogen-bond donors (Lipinski definition) is 2.